The van der Waals surface area contributed by atoms with Gasteiger partial charge in [0.25, 0.3) is 0 Å². The number of nitrogens with two attached hydrogens (primary N) is 1. The average Bonchev–Trinajstić information content (AvgIpc) is 2.43. The number of rotatable bonds is 5. The maximum atomic E-state index is 6.46. The minimum Gasteiger partial charge on any atom is -0.381 e. The van der Waals surface area contributed by atoms with E-state index in [2.05, 4.69) is 46.9 Å². The van der Waals surface area contributed by atoms with Crippen LogP contribution in [0.2, 0.25) is 0 Å². The van der Waals surface area contributed by atoms with Crippen molar-refractivity contribution < 1.29 is 9.47 Å². The highest BCUT2D eigenvalue weighted by Gasteiger charge is 2.39. The molecule has 1 aromatic carbocycles. The standard InChI is InChI=1S/C15H22INO2/c1-2-19-15(7-9-18-10-8-15)14(17)11-12-3-5-13(16)6-4-12/h3-6,14H,2,7-11,17H2,1H3. The first kappa shape index (κ1) is 15.2. The Kier molecular flexibility index (Phi) is 5.62. The molecule has 0 bridgehead atoms. The molecule has 1 aromatic rings. The van der Waals surface area contributed by atoms with Crippen LogP contribution in [-0.2, 0) is 15.9 Å². The summed E-state index contributed by atoms with van der Waals surface area (Å²) in [7, 11) is 0. The van der Waals surface area contributed by atoms with E-state index in [9.17, 15) is 0 Å². The normalized spacial score (nSPS) is 20.2. The zero-order valence-corrected chi connectivity index (χ0v) is 13.6. The molecule has 0 spiro atoms. The van der Waals surface area contributed by atoms with Crippen LogP contribution >= 0.6 is 22.6 Å². The van der Waals surface area contributed by atoms with Gasteiger partial charge >= 0.3 is 0 Å². The first-order valence-electron chi connectivity index (χ1n) is 6.88. The molecule has 1 unspecified atom stereocenters. The van der Waals surface area contributed by atoms with Gasteiger partial charge in [0.1, 0.15) is 0 Å². The predicted molar refractivity (Wildman–Crippen MR) is 85.2 cm³/mol. The lowest BCUT2D eigenvalue weighted by Gasteiger charge is -2.41. The Hall–Kier alpha value is -0.170. The molecule has 0 amide bonds. The van der Waals surface area contributed by atoms with E-state index in [1.54, 1.807) is 0 Å². The largest absolute Gasteiger partial charge is 0.381 e. The fourth-order valence-corrected chi connectivity index (χ4v) is 3.05. The fourth-order valence-electron chi connectivity index (χ4n) is 2.69. The molecule has 19 heavy (non-hydrogen) atoms. The molecule has 106 valence electrons. The highest BCUT2D eigenvalue weighted by Crippen LogP contribution is 2.29. The van der Waals surface area contributed by atoms with Crippen molar-refractivity contribution in [3.63, 3.8) is 0 Å². The minimum atomic E-state index is -0.212. The summed E-state index contributed by atoms with van der Waals surface area (Å²) in [6, 6.07) is 8.58. The molecule has 4 heteroatoms. The third-order valence-corrected chi connectivity index (χ3v) is 4.53. The third-order valence-electron chi connectivity index (χ3n) is 3.82. The summed E-state index contributed by atoms with van der Waals surface area (Å²) in [6.45, 7) is 4.25. The van der Waals surface area contributed by atoms with Crippen LogP contribution in [0.15, 0.2) is 24.3 Å². The summed E-state index contributed by atoms with van der Waals surface area (Å²) in [6.07, 6.45) is 2.65. The van der Waals surface area contributed by atoms with Crippen molar-refractivity contribution >= 4 is 22.6 Å². The summed E-state index contributed by atoms with van der Waals surface area (Å²) in [4.78, 5) is 0. The molecule has 0 aliphatic carbocycles. The van der Waals surface area contributed by atoms with Gasteiger partial charge in [-0.1, -0.05) is 12.1 Å². The van der Waals surface area contributed by atoms with Crippen LogP contribution in [0.4, 0.5) is 0 Å². The number of benzene rings is 1. The average molecular weight is 375 g/mol. The predicted octanol–water partition coefficient (Wildman–Crippen LogP) is 2.75. The van der Waals surface area contributed by atoms with Crippen molar-refractivity contribution in [3.05, 3.63) is 33.4 Å². The molecular weight excluding hydrogens is 353 g/mol. The van der Waals surface area contributed by atoms with Crippen LogP contribution in [0.5, 0.6) is 0 Å². The number of halogens is 1. The zero-order chi connectivity index (χ0) is 13.7. The second-order valence-corrected chi connectivity index (χ2v) is 6.29. The summed E-state index contributed by atoms with van der Waals surface area (Å²) < 4.78 is 12.7. The molecule has 0 aromatic heterocycles. The van der Waals surface area contributed by atoms with Crippen LogP contribution < -0.4 is 5.73 Å². The van der Waals surface area contributed by atoms with Gasteiger partial charge in [-0.15, -0.1) is 0 Å². The number of ether oxygens (including phenoxy) is 2. The third kappa shape index (κ3) is 3.90. The van der Waals surface area contributed by atoms with Gasteiger partial charge in [0.05, 0.1) is 5.60 Å². The molecule has 1 aliphatic rings. The van der Waals surface area contributed by atoms with Gasteiger partial charge in [-0.25, -0.2) is 0 Å². The molecular formula is C15H22INO2. The van der Waals surface area contributed by atoms with Gasteiger partial charge in [0, 0.05) is 42.3 Å². The van der Waals surface area contributed by atoms with Crippen molar-refractivity contribution in [2.75, 3.05) is 19.8 Å². The van der Waals surface area contributed by atoms with E-state index >= 15 is 0 Å². The molecule has 0 saturated carbocycles. The number of hydrogen-bond acceptors (Lipinski definition) is 3. The fraction of sp³-hybridized carbons (Fsp3) is 0.600. The minimum absolute atomic E-state index is 0.0245. The number of hydrogen-bond donors (Lipinski definition) is 1. The van der Waals surface area contributed by atoms with E-state index in [1.807, 2.05) is 6.92 Å². The Labute approximate surface area is 129 Å². The van der Waals surface area contributed by atoms with Crippen LogP contribution in [0, 0.1) is 3.57 Å². The van der Waals surface area contributed by atoms with E-state index in [4.69, 9.17) is 15.2 Å². The van der Waals surface area contributed by atoms with E-state index in [0.717, 1.165) is 32.5 Å². The van der Waals surface area contributed by atoms with Crippen LogP contribution in [0.3, 0.4) is 0 Å². The Bertz CT molecular complexity index is 382. The molecule has 1 fully saturated rings. The lowest BCUT2D eigenvalue weighted by atomic mass is 9.83. The zero-order valence-electron chi connectivity index (χ0n) is 11.4. The molecule has 1 saturated heterocycles. The monoisotopic (exact) mass is 375 g/mol. The van der Waals surface area contributed by atoms with Gasteiger partial charge < -0.3 is 15.2 Å². The van der Waals surface area contributed by atoms with Gasteiger partial charge in [-0.05, 0) is 53.6 Å². The quantitative estimate of drug-likeness (QED) is 0.805. The maximum Gasteiger partial charge on any atom is 0.0879 e. The smallest absolute Gasteiger partial charge is 0.0879 e. The Balaban J connectivity index is 2.06. The molecule has 2 N–H and O–H groups in total. The van der Waals surface area contributed by atoms with Crippen molar-refractivity contribution in [3.8, 4) is 0 Å². The molecule has 0 radical (unpaired) electrons. The van der Waals surface area contributed by atoms with Crippen molar-refractivity contribution in [2.45, 2.75) is 37.8 Å². The second kappa shape index (κ2) is 7.02. The highest BCUT2D eigenvalue weighted by atomic mass is 127. The first-order chi connectivity index (χ1) is 9.16. The SMILES string of the molecule is CCOC1(C(N)Cc2ccc(I)cc2)CCOCC1. The van der Waals surface area contributed by atoms with Gasteiger partial charge in [-0.2, -0.15) is 0 Å². The van der Waals surface area contributed by atoms with Crippen molar-refractivity contribution in [2.24, 2.45) is 5.73 Å². The Morgan fingerprint density at radius 2 is 1.95 bits per heavy atom. The lowest BCUT2D eigenvalue weighted by molar-refractivity contribution is -0.120. The lowest BCUT2D eigenvalue weighted by Crippen LogP contribution is -2.54. The van der Waals surface area contributed by atoms with Crippen molar-refractivity contribution in [1.29, 1.82) is 0 Å². The molecule has 2 rings (SSSR count). The molecule has 1 atom stereocenters. The van der Waals surface area contributed by atoms with Crippen LogP contribution in [-0.4, -0.2) is 31.5 Å². The summed E-state index contributed by atoms with van der Waals surface area (Å²) in [5.41, 5.74) is 7.52. The Morgan fingerprint density at radius 3 is 2.53 bits per heavy atom. The van der Waals surface area contributed by atoms with Crippen molar-refractivity contribution in [1.82, 2.24) is 0 Å². The van der Waals surface area contributed by atoms with E-state index in [0.29, 0.717) is 6.61 Å². The molecule has 1 aliphatic heterocycles. The highest BCUT2D eigenvalue weighted by molar-refractivity contribution is 14.1. The summed E-state index contributed by atoms with van der Waals surface area (Å²) in [5, 5.41) is 0. The summed E-state index contributed by atoms with van der Waals surface area (Å²) in [5.74, 6) is 0. The van der Waals surface area contributed by atoms with Crippen LogP contribution in [0.1, 0.15) is 25.3 Å². The van der Waals surface area contributed by atoms with Crippen LogP contribution in [0.25, 0.3) is 0 Å². The molecule has 1 heterocycles. The maximum absolute atomic E-state index is 6.46. The van der Waals surface area contributed by atoms with E-state index < -0.39 is 0 Å². The Morgan fingerprint density at radius 1 is 1.32 bits per heavy atom. The van der Waals surface area contributed by atoms with Gasteiger partial charge in [0.15, 0.2) is 0 Å². The molecule has 3 nitrogen and oxygen atoms in total. The van der Waals surface area contributed by atoms with Gasteiger partial charge in [0.2, 0.25) is 0 Å². The van der Waals surface area contributed by atoms with E-state index in [-0.39, 0.29) is 11.6 Å². The van der Waals surface area contributed by atoms with E-state index in [1.165, 1.54) is 9.13 Å². The topological polar surface area (TPSA) is 44.5 Å². The first-order valence-corrected chi connectivity index (χ1v) is 7.96. The summed E-state index contributed by atoms with van der Waals surface area (Å²) >= 11 is 2.32. The van der Waals surface area contributed by atoms with Gasteiger partial charge in [-0.3, -0.25) is 0 Å². The second-order valence-electron chi connectivity index (χ2n) is 5.05.